The third-order valence-electron chi connectivity index (χ3n) is 3.56. The van der Waals surface area contributed by atoms with Gasteiger partial charge in [-0.1, -0.05) is 0 Å². The quantitative estimate of drug-likeness (QED) is 0.744. The molecule has 0 atom stereocenters. The average molecular weight is 263 g/mol. The van der Waals surface area contributed by atoms with Crippen molar-refractivity contribution >= 4 is 32.9 Å². The highest BCUT2D eigenvalue weighted by Crippen LogP contribution is 2.34. The van der Waals surface area contributed by atoms with E-state index >= 15 is 0 Å². The number of hydrogen-bond acceptors (Lipinski definition) is 5. The van der Waals surface area contributed by atoms with Crippen LogP contribution < -0.4 is 11.1 Å². The van der Waals surface area contributed by atoms with E-state index in [1.807, 2.05) is 19.1 Å². The van der Waals surface area contributed by atoms with E-state index in [1.165, 1.54) is 0 Å². The van der Waals surface area contributed by atoms with Gasteiger partial charge in [-0.2, -0.15) is 0 Å². The van der Waals surface area contributed by atoms with E-state index in [-0.39, 0.29) is 0 Å². The Hall–Kier alpha value is -1.33. The van der Waals surface area contributed by atoms with Gasteiger partial charge in [0.05, 0.1) is 32.2 Å². The summed E-state index contributed by atoms with van der Waals surface area (Å²) in [6.07, 6.45) is 2.86. The van der Waals surface area contributed by atoms with Crippen molar-refractivity contribution in [2.24, 2.45) is 0 Å². The molecule has 0 unspecified atom stereocenters. The van der Waals surface area contributed by atoms with E-state index < -0.39 is 5.60 Å². The average Bonchev–Trinajstić information content (AvgIpc) is 2.62. The monoisotopic (exact) mass is 263 g/mol. The van der Waals surface area contributed by atoms with Crippen LogP contribution in [-0.2, 0) is 0 Å². The molecule has 1 aromatic carbocycles. The summed E-state index contributed by atoms with van der Waals surface area (Å²) in [5.41, 5.74) is 8.03. The number of nitrogens with zero attached hydrogens (tertiary/aromatic N) is 1. The van der Waals surface area contributed by atoms with E-state index in [0.717, 1.165) is 40.2 Å². The standard InChI is InChI=1S/C13H17N3OS/c1-8-16-11-6-10(9(14)5-12(11)18-8)15-7-13(17)3-2-4-13/h5-6,15,17H,2-4,7,14H2,1H3. The maximum absolute atomic E-state index is 10.1. The van der Waals surface area contributed by atoms with Crippen LogP contribution in [0.4, 0.5) is 11.4 Å². The zero-order chi connectivity index (χ0) is 12.8. The number of anilines is 2. The molecule has 0 aliphatic heterocycles. The first-order valence-corrected chi connectivity index (χ1v) is 7.00. The van der Waals surface area contributed by atoms with Crippen molar-refractivity contribution in [3.63, 3.8) is 0 Å². The molecule has 1 aromatic heterocycles. The van der Waals surface area contributed by atoms with Crippen molar-refractivity contribution in [3.05, 3.63) is 17.1 Å². The molecule has 5 heteroatoms. The van der Waals surface area contributed by atoms with Crippen molar-refractivity contribution in [3.8, 4) is 0 Å². The lowest BCUT2D eigenvalue weighted by atomic mass is 9.80. The van der Waals surface area contributed by atoms with Crippen LogP contribution in [0.3, 0.4) is 0 Å². The number of nitrogens with two attached hydrogens (primary N) is 1. The Bertz CT molecular complexity index is 589. The molecule has 1 aliphatic rings. The van der Waals surface area contributed by atoms with Gasteiger partial charge in [0.25, 0.3) is 0 Å². The van der Waals surface area contributed by atoms with Crippen LogP contribution in [0.1, 0.15) is 24.3 Å². The molecule has 2 aromatic rings. The minimum atomic E-state index is -0.542. The number of nitrogens with one attached hydrogen (secondary N) is 1. The van der Waals surface area contributed by atoms with Crippen LogP contribution in [0.5, 0.6) is 0 Å². The molecule has 0 saturated heterocycles. The lowest BCUT2D eigenvalue weighted by Gasteiger charge is -2.37. The van der Waals surface area contributed by atoms with Crippen LogP contribution in [-0.4, -0.2) is 22.2 Å². The molecule has 1 aliphatic carbocycles. The lowest BCUT2D eigenvalue weighted by molar-refractivity contribution is -0.0201. The highest BCUT2D eigenvalue weighted by molar-refractivity contribution is 7.18. The summed E-state index contributed by atoms with van der Waals surface area (Å²) in [5.74, 6) is 0. The summed E-state index contributed by atoms with van der Waals surface area (Å²) in [6, 6.07) is 3.92. The Morgan fingerprint density at radius 1 is 1.50 bits per heavy atom. The predicted molar refractivity (Wildman–Crippen MR) is 76.1 cm³/mol. The van der Waals surface area contributed by atoms with Gasteiger partial charge >= 0.3 is 0 Å². The second kappa shape index (κ2) is 4.10. The summed E-state index contributed by atoms with van der Waals surface area (Å²) in [6.45, 7) is 2.55. The summed E-state index contributed by atoms with van der Waals surface area (Å²) in [5, 5.41) is 14.4. The van der Waals surface area contributed by atoms with Crippen LogP contribution in [0.25, 0.3) is 10.2 Å². The Labute approximate surface area is 110 Å². The minimum Gasteiger partial charge on any atom is -0.397 e. The number of aryl methyl sites for hydroxylation is 1. The Morgan fingerprint density at radius 2 is 2.28 bits per heavy atom. The zero-order valence-corrected chi connectivity index (χ0v) is 11.2. The predicted octanol–water partition coefficient (Wildman–Crippen LogP) is 2.51. The highest BCUT2D eigenvalue weighted by Gasteiger charge is 2.34. The summed E-state index contributed by atoms with van der Waals surface area (Å²) < 4.78 is 1.11. The van der Waals surface area contributed by atoms with E-state index in [0.29, 0.717) is 12.2 Å². The number of rotatable bonds is 3. The normalized spacial score (nSPS) is 17.7. The number of fused-ring (bicyclic) bond motifs is 1. The minimum absolute atomic E-state index is 0.542. The SMILES string of the molecule is Cc1nc2cc(NCC3(O)CCC3)c(N)cc2s1. The van der Waals surface area contributed by atoms with Crippen LogP contribution >= 0.6 is 11.3 Å². The zero-order valence-electron chi connectivity index (χ0n) is 10.4. The van der Waals surface area contributed by atoms with Crippen LogP contribution in [0, 0.1) is 6.92 Å². The van der Waals surface area contributed by atoms with E-state index in [4.69, 9.17) is 5.73 Å². The van der Waals surface area contributed by atoms with Gasteiger partial charge in [0.2, 0.25) is 0 Å². The Kier molecular flexibility index (Phi) is 2.68. The Balaban J connectivity index is 1.84. The molecular formula is C13H17N3OS. The molecule has 0 amide bonds. The topological polar surface area (TPSA) is 71.2 Å². The van der Waals surface area contributed by atoms with Gasteiger partial charge in [0.15, 0.2) is 0 Å². The van der Waals surface area contributed by atoms with E-state index in [2.05, 4.69) is 10.3 Å². The summed E-state index contributed by atoms with van der Waals surface area (Å²) in [4.78, 5) is 4.45. The fraction of sp³-hybridized carbons (Fsp3) is 0.462. The molecule has 0 spiro atoms. The first-order chi connectivity index (χ1) is 8.56. The largest absolute Gasteiger partial charge is 0.397 e. The lowest BCUT2D eigenvalue weighted by Crippen LogP contribution is -2.43. The van der Waals surface area contributed by atoms with Crippen molar-refractivity contribution < 1.29 is 5.11 Å². The number of benzene rings is 1. The van der Waals surface area contributed by atoms with Crippen molar-refractivity contribution in [2.75, 3.05) is 17.6 Å². The molecule has 1 fully saturated rings. The van der Waals surface area contributed by atoms with E-state index in [9.17, 15) is 5.11 Å². The molecule has 4 nitrogen and oxygen atoms in total. The molecule has 3 rings (SSSR count). The molecular weight excluding hydrogens is 246 g/mol. The first-order valence-electron chi connectivity index (χ1n) is 6.19. The molecule has 1 heterocycles. The maximum Gasteiger partial charge on any atom is 0.0907 e. The van der Waals surface area contributed by atoms with Crippen molar-refractivity contribution in [1.29, 1.82) is 0 Å². The van der Waals surface area contributed by atoms with Gasteiger partial charge < -0.3 is 16.2 Å². The molecule has 1 saturated carbocycles. The maximum atomic E-state index is 10.1. The van der Waals surface area contributed by atoms with Gasteiger partial charge in [-0.05, 0) is 38.3 Å². The highest BCUT2D eigenvalue weighted by atomic mass is 32.1. The molecule has 18 heavy (non-hydrogen) atoms. The summed E-state index contributed by atoms with van der Waals surface area (Å²) in [7, 11) is 0. The van der Waals surface area contributed by atoms with Gasteiger partial charge in [0, 0.05) is 6.54 Å². The number of hydrogen-bond donors (Lipinski definition) is 3. The Morgan fingerprint density at radius 3 is 2.94 bits per heavy atom. The van der Waals surface area contributed by atoms with Crippen molar-refractivity contribution in [2.45, 2.75) is 31.8 Å². The van der Waals surface area contributed by atoms with Gasteiger partial charge in [0.1, 0.15) is 0 Å². The van der Waals surface area contributed by atoms with Gasteiger partial charge in [-0.3, -0.25) is 0 Å². The number of thiazole rings is 1. The van der Waals surface area contributed by atoms with Gasteiger partial charge in [-0.15, -0.1) is 11.3 Å². The third-order valence-corrected chi connectivity index (χ3v) is 4.49. The smallest absolute Gasteiger partial charge is 0.0907 e. The first kappa shape index (κ1) is 11.7. The third kappa shape index (κ3) is 2.04. The second-order valence-electron chi connectivity index (χ2n) is 5.07. The van der Waals surface area contributed by atoms with Crippen LogP contribution in [0.15, 0.2) is 12.1 Å². The molecule has 0 bridgehead atoms. The number of nitrogen functional groups attached to an aromatic ring is 1. The van der Waals surface area contributed by atoms with E-state index in [1.54, 1.807) is 11.3 Å². The van der Waals surface area contributed by atoms with Crippen molar-refractivity contribution in [1.82, 2.24) is 4.98 Å². The molecule has 96 valence electrons. The summed E-state index contributed by atoms with van der Waals surface area (Å²) >= 11 is 1.65. The molecule has 4 N–H and O–H groups in total. The second-order valence-corrected chi connectivity index (χ2v) is 6.31. The fourth-order valence-corrected chi connectivity index (χ4v) is 3.14. The van der Waals surface area contributed by atoms with Gasteiger partial charge in [-0.25, -0.2) is 4.98 Å². The number of aromatic nitrogens is 1. The fourth-order valence-electron chi connectivity index (χ4n) is 2.28. The van der Waals surface area contributed by atoms with Crippen LogP contribution in [0.2, 0.25) is 0 Å². The number of aliphatic hydroxyl groups is 1. The molecule has 0 radical (unpaired) electrons.